The number of benzene rings is 4. The van der Waals surface area contributed by atoms with Crippen molar-refractivity contribution < 1.29 is 119 Å². The van der Waals surface area contributed by atoms with Crippen molar-refractivity contribution in [3.63, 3.8) is 0 Å². The first-order valence-electron chi connectivity index (χ1n) is 16.0. The fourth-order valence-corrected chi connectivity index (χ4v) is 6.19. The molecule has 0 aliphatic rings. The Bertz CT molecular complexity index is 1160. The molecule has 49 heavy (non-hydrogen) atoms. The third kappa shape index (κ3) is 26.2. The molecule has 0 unspecified atom stereocenters. The van der Waals surface area contributed by atoms with Gasteiger partial charge in [-0.25, -0.2) is 0 Å². The van der Waals surface area contributed by atoms with Crippen LogP contribution in [0.2, 0.25) is 0 Å². The predicted molar refractivity (Wildman–Crippen MR) is 209 cm³/mol. The first-order chi connectivity index (χ1) is 23.2. The number of carbonyl (C=O) groups excluding carboxylic acids is 1. The molecule has 0 atom stereocenters. The zero-order valence-electron chi connectivity index (χ0n) is 30.8. The summed E-state index contributed by atoms with van der Waals surface area (Å²) >= 11 is 7.31. The van der Waals surface area contributed by atoms with E-state index in [9.17, 15) is 0 Å². The van der Waals surface area contributed by atoms with Crippen molar-refractivity contribution in [2.75, 3.05) is 49.0 Å². The first kappa shape index (κ1) is 51.8. The molecule has 0 aliphatic carbocycles. The second-order valence-corrected chi connectivity index (χ2v) is 13.2. The van der Waals surface area contributed by atoms with E-state index in [2.05, 4.69) is 160 Å². The van der Waals surface area contributed by atoms with Crippen molar-refractivity contribution in [1.29, 1.82) is 0 Å². The van der Waals surface area contributed by atoms with Gasteiger partial charge in [0.25, 0.3) is 6.47 Å². The normalized spacial score (nSPS) is 9.69. The van der Waals surface area contributed by atoms with Crippen LogP contribution in [0.4, 0.5) is 0 Å². The maximum atomic E-state index is 8.64. The number of nitrogens with two attached hydrogens (primary N) is 1. The Morgan fingerprint density at radius 3 is 1.33 bits per heavy atom. The molecule has 0 aromatic heterocycles. The van der Waals surface area contributed by atoms with Crippen LogP contribution in [0.5, 0.6) is 0 Å². The Kier molecular flexibility index (Phi) is 40.6. The molecule has 4 aromatic carbocycles. The zero-order chi connectivity index (χ0) is 34.2. The zero-order valence-corrected chi connectivity index (χ0v) is 39.3. The average molecular weight is 820 g/mol. The molecule has 0 fully saturated rings. The van der Waals surface area contributed by atoms with Gasteiger partial charge in [0, 0.05) is 17.2 Å². The van der Waals surface area contributed by atoms with Crippen LogP contribution < -0.4 is 119 Å². The average Bonchev–Trinajstić information content (AvgIpc) is 3.15. The van der Waals surface area contributed by atoms with Crippen LogP contribution in [0.25, 0.3) is 0 Å². The summed E-state index contributed by atoms with van der Waals surface area (Å²) < 4.78 is 0. The molecule has 0 saturated carbocycles. The van der Waals surface area contributed by atoms with Crippen LogP contribution in [0.1, 0.15) is 61.2 Å². The molecule has 4 aromatic rings. The summed E-state index contributed by atoms with van der Waals surface area (Å²) in [5, 5.41) is 13.0. The Hall–Kier alpha value is 0.683. The van der Waals surface area contributed by atoms with Gasteiger partial charge in [-0.2, -0.15) is 23.5 Å². The first-order valence-corrected chi connectivity index (χ1v) is 19.9. The van der Waals surface area contributed by atoms with E-state index in [0.717, 1.165) is 44.2 Å². The summed E-state index contributed by atoms with van der Waals surface area (Å²) in [4.78, 5) is 11.2. The maximum absolute atomic E-state index is 8.64. The van der Waals surface area contributed by atoms with Crippen molar-refractivity contribution in [3.05, 3.63) is 144 Å². The predicted octanol–water partition coefficient (Wildman–Crippen LogP) is 2.41. The largest absolute Gasteiger partial charge is 1.00 e. The van der Waals surface area contributed by atoms with Crippen molar-refractivity contribution >= 4 is 45.9 Å². The Morgan fingerprint density at radius 2 is 1.04 bits per heavy atom. The van der Waals surface area contributed by atoms with Gasteiger partial charge in [-0.05, 0) is 91.6 Å². The van der Waals surface area contributed by atoms with E-state index in [4.69, 9.17) is 15.8 Å². The minimum absolute atomic E-state index is 0. The molecule has 4 rings (SSSR count). The molecule has 3 N–H and O–H groups in total. The van der Waals surface area contributed by atoms with E-state index < -0.39 is 0 Å². The van der Waals surface area contributed by atoms with E-state index in [1.807, 2.05) is 23.5 Å². The van der Waals surface area contributed by atoms with Gasteiger partial charge in [0.2, 0.25) is 0 Å². The summed E-state index contributed by atoms with van der Waals surface area (Å²) in [5.41, 5.74) is 10.8. The summed E-state index contributed by atoms with van der Waals surface area (Å²) in [6.07, 6.45) is 8.95. The second kappa shape index (κ2) is 38.4. The molecule has 0 heterocycles. The van der Waals surface area contributed by atoms with Gasteiger partial charge >= 0.3 is 103 Å². The molecule has 0 saturated heterocycles. The molecule has 0 spiro atoms. The molecule has 0 radical (unpaired) electrons. The van der Waals surface area contributed by atoms with Gasteiger partial charge < -0.3 is 22.6 Å². The summed E-state index contributed by atoms with van der Waals surface area (Å²) in [6, 6.07) is 43.1. The number of hydrogen-bond donors (Lipinski definition) is 2. The van der Waals surface area contributed by atoms with Crippen molar-refractivity contribution in [2.45, 2.75) is 37.5 Å². The summed E-state index contributed by atoms with van der Waals surface area (Å²) in [7, 11) is 0. The molecule has 0 bridgehead atoms. The van der Waals surface area contributed by atoms with Gasteiger partial charge in [0.15, 0.2) is 0 Å². The van der Waals surface area contributed by atoms with Gasteiger partial charge in [-0.15, -0.1) is 0 Å². The van der Waals surface area contributed by atoms with Crippen molar-refractivity contribution in [2.24, 2.45) is 5.73 Å². The van der Waals surface area contributed by atoms with Crippen LogP contribution in [-0.4, -0.2) is 55.5 Å². The molecular formula is C39H53BrK2N2O3S2. The molecular weight excluding hydrogens is 767 g/mol. The third-order valence-electron chi connectivity index (χ3n) is 7.11. The van der Waals surface area contributed by atoms with E-state index >= 15 is 0 Å². The minimum Gasteiger partial charge on any atom is -1.00 e. The topological polar surface area (TPSA) is 87.4 Å². The van der Waals surface area contributed by atoms with Gasteiger partial charge in [0.05, 0.1) is 0 Å². The second-order valence-electron chi connectivity index (χ2n) is 10.4. The Balaban J connectivity index is -0.000000676. The number of carbonyl (C=O) groups is 1. The van der Waals surface area contributed by atoms with Crippen LogP contribution in [0, 0.1) is 0 Å². The number of halogens is 1. The fourth-order valence-electron chi connectivity index (χ4n) is 4.84. The van der Waals surface area contributed by atoms with E-state index in [-0.39, 0.29) is 111 Å². The number of thioether (sulfide) groups is 2. The maximum Gasteiger partial charge on any atom is 1.00 e. The molecule has 5 nitrogen and oxygen atoms in total. The minimum atomic E-state index is -0.181. The van der Waals surface area contributed by atoms with Crippen LogP contribution in [0.3, 0.4) is 0 Å². The van der Waals surface area contributed by atoms with Crippen molar-refractivity contribution in [1.82, 2.24) is 5.32 Å². The molecule has 0 aliphatic heterocycles. The summed E-state index contributed by atoms with van der Waals surface area (Å²) in [5.74, 6) is 3.44. The molecule has 10 heteroatoms. The standard InChI is InChI=1S/C19H25NS.C15H15Br.C4H11NS.CH2O3.2K.H/c1-21-16-8-14-20-15-13-19(17-9-4-2-5-10-17)18-11-6-3-7-12-18;16-12-11-15(13-7-3-1-4-8-13)14-9-5-2-6-10-14;1-6-4-2-3-5;2-1-4-3;;;/h2-7,9-12,19-20H,8,13-16H2,1H3;1-10,15H,11-12H2;2-5H2,1H3;1,3H;;;/q;;;;2*+1;-1/p-1. The van der Waals surface area contributed by atoms with Gasteiger partial charge in [-0.1, -0.05) is 137 Å². The quantitative estimate of drug-likeness (QED) is 0.0423. The third-order valence-corrected chi connectivity index (χ3v) is 8.96. The van der Waals surface area contributed by atoms with Crippen LogP contribution in [0.15, 0.2) is 121 Å². The van der Waals surface area contributed by atoms with E-state index in [1.54, 1.807) is 0 Å². The van der Waals surface area contributed by atoms with Gasteiger partial charge in [0.1, 0.15) is 0 Å². The van der Waals surface area contributed by atoms with Crippen molar-refractivity contribution in [3.8, 4) is 0 Å². The Labute approximate surface area is 399 Å². The Morgan fingerprint density at radius 1 is 0.694 bits per heavy atom. The number of hydrogen-bond acceptors (Lipinski definition) is 7. The smallest absolute Gasteiger partial charge is 1.00 e. The number of rotatable bonds is 17. The van der Waals surface area contributed by atoms with Crippen LogP contribution in [-0.2, 0) is 9.68 Å². The molecule has 258 valence electrons. The van der Waals surface area contributed by atoms with Gasteiger partial charge in [-0.3, -0.25) is 4.79 Å². The molecule has 0 amide bonds. The van der Waals surface area contributed by atoms with Crippen LogP contribution >= 0.6 is 39.5 Å². The fraction of sp³-hybridized carbons (Fsp3) is 0.359. The number of nitrogens with one attached hydrogen (secondary N) is 1. The number of alkyl halides is 1. The monoisotopic (exact) mass is 818 g/mol. The van der Waals surface area contributed by atoms with E-state index in [0.29, 0.717) is 11.8 Å². The summed E-state index contributed by atoms with van der Waals surface area (Å²) in [6.45, 7) is 2.85. The van der Waals surface area contributed by atoms with E-state index in [1.165, 1.54) is 40.2 Å². The SMILES string of the molecule is BrCCC(c1ccccc1)c1ccccc1.CSCCCN.CSCCCNCCC(c1ccccc1)c1ccccc1.O=CO[O-].[H-].[K+].[K+].